The Hall–Kier alpha value is -8.15. The Balaban J connectivity index is 0.974. The second-order valence-electron chi connectivity index (χ2n) is 18.5. The molecule has 0 saturated heterocycles. The molecule has 0 N–H and O–H groups in total. The van der Waals surface area contributed by atoms with Crippen molar-refractivity contribution in [2.75, 3.05) is 0 Å². The number of fused-ring (bicyclic) bond motifs is 6. The standard InChI is InChI=1S/C61H45N5/c1-60(2)50-27-13-11-25-46(50)48-31-29-44(35-52(48)60)58-64-57(65-59(66-58)45-30-32-49-47-26-12-14-28-51(47)61(3,4)53(49)36-45)43-24-16-22-41(34-43)40-21-15-23-42(33-40)55-37-54(38-17-7-5-8-18-38)62-56(63-55)39-19-9-6-10-20-39/h5-37H,1-4H3. The zero-order valence-corrected chi connectivity index (χ0v) is 37.3. The minimum Gasteiger partial charge on any atom is -0.228 e. The summed E-state index contributed by atoms with van der Waals surface area (Å²) in [5, 5.41) is 0. The number of aromatic nitrogens is 5. The van der Waals surface area contributed by atoms with E-state index in [9.17, 15) is 0 Å². The van der Waals surface area contributed by atoms with Crippen molar-refractivity contribution in [2.45, 2.75) is 38.5 Å². The largest absolute Gasteiger partial charge is 0.228 e. The maximum Gasteiger partial charge on any atom is 0.164 e. The normalized spacial score (nSPS) is 13.7. The van der Waals surface area contributed by atoms with Gasteiger partial charge in [0.15, 0.2) is 23.3 Å². The van der Waals surface area contributed by atoms with Crippen molar-refractivity contribution in [1.82, 2.24) is 24.9 Å². The van der Waals surface area contributed by atoms with E-state index >= 15 is 0 Å². The topological polar surface area (TPSA) is 64.5 Å². The molecule has 0 spiro atoms. The summed E-state index contributed by atoms with van der Waals surface area (Å²) < 4.78 is 0. The van der Waals surface area contributed by atoms with E-state index in [1.54, 1.807) is 0 Å². The molecule has 66 heavy (non-hydrogen) atoms. The molecule has 8 aromatic carbocycles. The van der Waals surface area contributed by atoms with Gasteiger partial charge in [0.25, 0.3) is 0 Å². The molecular formula is C61H45N5. The molecule has 2 aliphatic carbocycles. The first-order valence-corrected chi connectivity index (χ1v) is 22.7. The van der Waals surface area contributed by atoms with E-state index in [0.717, 1.165) is 55.9 Å². The van der Waals surface area contributed by atoms with Gasteiger partial charge in [-0.2, -0.15) is 0 Å². The number of hydrogen-bond donors (Lipinski definition) is 0. The summed E-state index contributed by atoms with van der Waals surface area (Å²) in [4.78, 5) is 26.0. The van der Waals surface area contributed by atoms with Gasteiger partial charge >= 0.3 is 0 Å². The monoisotopic (exact) mass is 847 g/mol. The third-order valence-corrected chi connectivity index (χ3v) is 13.8. The van der Waals surface area contributed by atoms with Crippen LogP contribution in [0.2, 0.25) is 0 Å². The molecule has 0 saturated carbocycles. The Morgan fingerprint density at radius 1 is 0.242 bits per heavy atom. The maximum atomic E-state index is 5.29. The van der Waals surface area contributed by atoms with Gasteiger partial charge in [0.05, 0.1) is 11.4 Å². The van der Waals surface area contributed by atoms with Gasteiger partial charge < -0.3 is 0 Å². The van der Waals surface area contributed by atoms with Gasteiger partial charge in [-0.3, -0.25) is 0 Å². The summed E-state index contributed by atoms with van der Waals surface area (Å²) in [6.45, 7) is 9.24. The van der Waals surface area contributed by atoms with Crippen molar-refractivity contribution in [2.24, 2.45) is 0 Å². The third kappa shape index (κ3) is 6.58. The predicted molar refractivity (Wildman–Crippen MR) is 269 cm³/mol. The lowest BCUT2D eigenvalue weighted by atomic mass is 9.82. The molecule has 0 fully saturated rings. The van der Waals surface area contributed by atoms with Crippen molar-refractivity contribution >= 4 is 0 Å². The van der Waals surface area contributed by atoms with Crippen LogP contribution in [0.1, 0.15) is 49.9 Å². The van der Waals surface area contributed by atoms with Crippen LogP contribution < -0.4 is 0 Å². The minimum atomic E-state index is -0.165. The quantitative estimate of drug-likeness (QED) is 0.160. The first-order valence-electron chi connectivity index (χ1n) is 22.7. The zero-order chi connectivity index (χ0) is 44.6. The molecule has 12 rings (SSSR count). The lowest BCUT2D eigenvalue weighted by Crippen LogP contribution is -2.15. The molecule has 0 bridgehead atoms. The van der Waals surface area contributed by atoms with Crippen LogP contribution in [-0.2, 0) is 10.8 Å². The van der Waals surface area contributed by atoms with Crippen molar-refractivity contribution in [3.63, 3.8) is 0 Å². The number of rotatable bonds is 7. The van der Waals surface area contributed by atoms with Crippen molar-refractivity contribution in [1.29, 1.82) is 0 Å². The van der Waals surface area contributed by atoms with E-state index in [0.29, 0.717) is 23.3 Å². The fraction of sp³-hybridized carbons (Fsp3) is 0.0984. The molecule has 0 atom stereocenters. The Morgan fingerprint density at radius 3 is 1.14 bits per heavy atom. The minimum absolute atomic E-state index is 0.165. The smallest absolute Gasteiger partial charge is 0.164 e. The van der Waals surface area contributed by atoms with Gasteiger partial charge in [-0.1, -0.05) is 198 Å². The SMILES string of the molecule is CC1(C)c2ccccc2-c2ccc(-c3nc(-c4cccc(-c5cccc(-c6cc(-c7ccccc7)nc(-c7ccccc7)n6)c5)c4)nc(-c4ccc5c(c4)C(C)(C)c4ccccc4-5)n3)cc21. The average Bonchev–Trinajstić information content (AvgIpc) is 3.75. The lowest BCUT2D eigenvalue weighted by molar-refractivity contribution is 0.660. The van der Waals surface area contributed by atoms with Gasteiger partial charge in [0.2, 0.25) is 0 Å². The predicted octanol–water partition coefficient (Wildman–Crippen LogP) is 14.9. The Bertz CT molecular complexity index is 3350. The lowest BCUT2D eigenvalue weighted by Gasteiger charge is -2.22. The van der Waals surface area contributed by atoms with Gasteiger partial charge in [-0.05, 0) is 86.0 Å². The second-order valence-corrected chi connectivity index (χ2v) is 18.5. The molecule has 0 aliphatic heterocycles. The Morgan fingerprint density at radius 2 is 0.606 bits per heavy atom. The van der Waals surface area contributed by atoms with E-state index in [4.69, 9.17) is 24.9 Å². The average molecular weight is 848 g/mol. The molecule has 0 unspecified atom stereocenters. The van der Waals surface area contributed by atoms with Crippen molar-refractivity contribution < 1.29 is 0 Å². The van der Waals surface area contributed by atoms with Crippen LogP contribution in [0.4, 0.5) is 0 Å². The molecule has 314 valence electrons. The van der Waals surface area contributed by atoms with Crippen LogP contribution in [0.5, 0.6) is 0 Å². The zero-order valence-electron chi connectivity index (χ0n) is 37.3. The van der Waals surface area contributed by atoms with Crippen molar-refractivity contribution in [3.05, 3.63) is 222 Å². The van der Waals surface area contributed by atoms with Crippen LogP contribution in [0.15, 0.2) is 200 Å². The van der Waals surface area contributed by atoms with Crippen LogP contribution in [0.25, 0.3) is 101 Å². The Labute approximate surface area is 385 Å². The van der Waals surface area contributed by atoms with E-state index in [1.165, 1.54) is 44.5 Å². The van der Waals surface area contributed by atoms with Crippen LogP contribution in [0, 0.1) is 0 Å². The highest BCUT2D eigenvalue weighted by atomic mass is 15.0. The summed E-state index contributed by atoms with van der Waals surface area (Å²) in [5.41, 5.74) is 19.7. The molecule has 2 heterocycles. The molecule has 10 aromatic rings. The Kier molecular flexibility index (Phi) is 9.11. The second kappa shape index (κ2) is 15.2. The van der Waals surface area contributed by atoms with Gasteiger partial charge in [-0.15, -0.1) is 0 Å². The van der Waals surface area contributed by atoms with E-state index in [1.807, 2.05) is 36.4 Å². The first kappa shape index (κ1) is 39.4. The summed E-state index contributed by atoms with van der Waals surface area (Å²) in [6, 6.07) is 70.6. The molecule has 2 aliphatic rings. The van der Waals surface area contributed by atoms with Gasteiger partial charge in [0.1, 0.15) is 0 Å². The van der Waals surface area contributed by atoms with E-state index in [-0.39, 0.29) is 10.8 Å². The molecule has 5 nitrogen and oxygen atoms in total. The van der Waals surface area contributed by atoms with E-state index in [2.05, 4.69) is 191 Å². The number of hydrogen-bond acceptors (Lipinski definition) is 5. The summed E-state index contributed by atoms with van der Waals surface area (Å²) in [5.74, 6) is 2.60. The van der Waals surface area contributed by atoms with Crippen molar-refractivity contribution in [3.8, 4) is 101 Å². The highest BCUT2D eigenvalue weighted by molar-refractivity contribution is 5.85. The molecule has 2 aromatic heterocycles. The van der Waals surface area contributed by atoms with Gasteiger partial charge in [-0.25, -0.2) is 24.9 Å². The summed E-state index contributed by atoms with van der Waals surface area (Å²) >= 11 is 0. The fourth-order valence-electron chi connectivity index (χ4n) is 10.2. The van der Waals surface area contributed by atoms with Crippen LogP contribution in [0.3, 0.4) is 0 Å². The summed E-state index contributed by atoms with van der Waals surface area (Å²) in [6.07, 6.45) is 0. The number of nitrogens with zero attached hydrogens (tertiary/aromatic N) is 5. The molecule has 5 heteroatoms. The van der Waals surface area contributed by atoms with E-state index < -0.39 is 0 Å². The first-order chi connectivity index (χ1) is 32.2. The van der Waals surface area contributed by atoms with Crippen LogP contribution in [-0.4, -0.2) is 24.9 Å². The summed E-state index contributed by atoms with van der Waals surface area (Å²) in [7, 11) is 0. The van der Waals surface area contributed by atoms with Crippen LogP contribution >= 0.6 is 0 Å². The highest BCUT2D eigenvalue weighted by Gasteiger charge is 2.37. The fourth-order valence-corrected chi connectivity index (χ4v) is 10.2. The molecule has 0 radical (unpaired) electrons. The molecule has 0 amide bonds. The third-order valence-electron chi connectivity index (χ3n) is 13.8. The number of benzene rings is 8. The van der Waals surface area contributed by atoms with Gasteiger partial charge in [0, 0.05) is 44.2 Å². The highest BCUT2D eigenvalue weighted by Crippen LogP contribution is 2.51. The molecular weight excluding hydrogens is 803 g/mol. The maximum absolute atomic E-state index is 5.29.